The number of nitro benzene ring substituents is 1. The predicted octanol–water partition coefficient (Wildman–Crippen LogP) is 4.85. The Bertz CT molecular complexity index is 1110. The first-order valence-corrected chi connectivity index (χ1v) is 12.0. The van der Waals surface area contributed by atoms with Gasteiger partial charge in [0.25, 0.3) is 5.69 Å². The smallest absolute Gasteiger partial charge is 0.323 e. The quantitative estimate of drug-likeness (QED) is 0.149. The number of esters is 1. The van der Waals surface area contributed by atoms with Gasteiger partial charge in [-0.2, -0.15) is 0 Å². The van der Waals surface area contributed by atoms with Gasteiger partial charge < -0.3 is 15.2 Å². The van der Waals surface area contributed by atoms with E-state index in [0.29, 0.717) is 32.7 Å². The molecule has 0 amide bonds. The molecular weight excluding hydrogens is 458 g/mol. The van der Waals surface area contributed by atoms with Crippen LogP contribution in [-0.4, -0.2) is 35.5 Å². The lowest BCUT2D eigenvalue weighted by Gasteiger charge is -2.30. The maximum atomic E-state index is 12.8. The molecule has 1 atom stereocenters. The molecule has 3 rings (SSSR count). The summed E-state index contributed by atoms with van der Waals surface area (Å²) in [5.74, 6) is 0.417. The van der Waals surface area contributed by atoms with E-state index in [-0.39, 0.29) is 11.7 Å². The molecule has 190 valence electrons. The maximum absolute atomic E-state index is 12.8. The molecule has 0 aliphatic rings. The molecule has 0 bridgehead atoms. The van der Waals surface area contributed by atoms with Gasteiger partial charge >= 0.3 is 5.97 Å². The monoisotopic (exact) mass is 491 g/mol. The number of unbranched alkanes of at least 4 members (excludes halogenated alkanes) is 1. The predicted molar refractivity (Wildman–Crippen MR) is 138 cm³/mol. The van der Waals surface area contributed by atoms with Crippen molar-refractivity contribution in [3.63, 3.8) is 0 Å². The lowest BCUT2D eigenvalue weighted by atomic mass is 10.0. The van der Waals surface area contributed by atoms with Gasteiger partial charge in [-0.1, -0.05) is 61.0 Å². The number of ether oxygens (including phenoxy) is 2. The number of benzene rings is 3. The first kappa shape index (κ1) is 26.8. The topological polar surface area (TPSA) is 108 Å². The number of nitro groups is 1. The molecule has 0 aliphatic heterocycles. The fourth-order valence-electron chi connectivity index (χ4n) is 4.01. The van der Waals surface area contributed by atoms with Gasteiger partial charge in [0, 0.05) is 25.2 Å². The van der Waals surface area contributed by atoms with Gasteiger partial charge in [-0.3, -0.25) is 19.8 Å². The molecule has 0 heterocycles. The second-order valence-corrected chi connectivity index (χ2v) is 8.57. The summed E-state index contributed by atoms with van der Waals surface area (Å²) in [5.41, 5.74) is 8.50. The van der Waals surface area contributed by atoms with E-state index in [1.807, 2.05) is 65.6 Å². The van der Waals surface area contributed by atoms with Crippen LogP contribution in [0.1, 0.15) is 36.0 Å². The standard InChI is InChI=1S/C28H33N3O5/c1-35-28(32)27(12-5-6-17-29)30(20-24-10-7-11-25(18-24)31(33)34)19-22-13-15-26(16-14-22)36-21-23-8-3-2-4-9-23/h2-4,7-11,13-16,18,27H,5-6,12,17,19-21,29H2,1H3/t27-/m0/s1. The molecule has 0 aliphatic carbocycles. The van der Waals surface area contributed by atoms with Crippen molar-refractivity contribution >= 4 is 11.7 Å². The molecule has 0 fully saturated rings. The molecule has 2 N–H and O–H groups in total. The molecule has 8 heteroatoms. The van der Waals surface area contributed by atoms with Crippen molar-refractivity contribution in [2.24, 2.45) is 5.73 Å². The number of methoxy groups -OCH3 is 1. The van der Waals surface area contributed by atoms with Crippen molar-refractivity contribution in [2.75, 3.05) is 13.7 Å². The summed E-state index contributed by atoms with van der Waals surface area (Å²) in [6.07, 6.45) is 2.15. The van der Waals surface area contributed by atoms with Crippen LogP contribution < -0.4 is 10.5 Å². The van der Waals surface area contributed by atoms with Crippen LogP contribution in [0.3, 0.4) is 0 Å². The Labute approximate surface area is 211 Å². The lowest BCUT2D eigenvalue weighted by molar-refractivity contribution is -0.384. The first-order chi connectivity index (χ1) is 17.5. The highest BCUT2D eigenvalue weighted by atomic mass is 16.6. The zero-order chi connectivity index (χ0) is 25.8. The van der Waals surface area contributed by atoms with E-state index in [4.69, 9.17) is 15.2 Å². The van der Waals surface area contributed by atoms with E-state index < -0.39 is 11.0 Å². The SMILES string of the molecule is COC(=O)[C@H](CCCCN)N(Cc1ccc(OCc2ccccc2)cc1)Cc1cccc([N+](=O)[O-])c1. The van der Waals surface area contributed by atoms with Crippen molar-refractivity contribution in [3.05, 3.63) is 106 Å². The van der Waals surface area contributed by atoms with E-state index >= 15 is 0 Å². The summed E-state index contributed by atoms with van der Waals surface area (Å²) in [6, 6.07) is 23.7. The largest absolute Gasteiger partial charge is 0.489 e. The molecule has 8 nitrogen and oxygen atoms in total. The van der Waals surface area contributed by atoms with Gasteiger partial charge in [0.2, 0.25) is 0 Å². The van der Waals surface area contributed by atoms with Crippen LogP contribution in [0.5, 0.6) is 5.75 Å². The Kier molecular flexibility index (Phi) is 10.4. The fourth-order valence-corrected chi connectivity index (χ4v) is 4.01. The second kappa shape index (κ2) is 14.0. The van der Waals surface area contributed by atoms with Crippen molar-refractivity contribution in [1.29, 1.82) is 0 Å². The molecule has 3 aromatic carbocycles. The second-order valence-electron chi connectivity index (χ2n) is 8.57. The van der Waals surface area contributed by atoms with Crippen LogP contribution in [0.2, 0.25) is 0 Å². The third kappa shape index (κ3) is 8.18. The minimum Gasteiger partial charge on any atom is -0.489 e. The van der Waals surface area contributed by atoms with Crippen LogP contribution in [0, 0.1) is 10.1 Å². The molecule has 3 aromatic rings. The van der Waals surface area contributed by atoms with Crippen LogP contribution in [0.25, 0.3) is 0 Å². The molecule has 0 radical (unpaired) electrons. The number of rotatable bonds is 14. The highest BCUT2D eigenvalue weighted by Crippen LogP contribution is 2.22. The lowest BCUT2D eigenvalue weighted by Crippen LogP contribution is -2.41. The normalized spacial score (nSPS) is 11.8. The summed E-state index contributed by atoms with van der Waals surface area (Å²) in [7, 11) is 1.38. The number of hydrogen-bond acceptors (Lipinski definition) is 7. The van der Waals surface area contributed by atoms with Crippen LogP contribution in [0.4, 0.5) is 5.69 Å². The van der Waals surface area contributed by atoms with Gasteiger partial charge in [0.15, 0.2) is 0 Å². The van der Waals surface area contributed by atoms with E-state index in [9.17, 15) is 14.9 Å². The maximum Gasteiger partial charge on any atom is 0.323 e. The van der Waals surface area contributed by atoms with Crippen molar-refractivity contribution in [3.8, 4) is 5.75 Å². The molecule has 0 saturated heterocycles. The number of hydrogen-bond donors (Lipinski definition) is 1. The summed E-state index contributed by atoms with van der Waals surface area (Å²) >= 11 is 0. The first-order valence-electron chi connectivity index (χ1n) is 12.0. The van der Waals surface area contributed by atoms with E-state index in [0.717, 1.165) is 35.3 Å². The molecular formula is C28H33N3O5. The van der Waals surface area contributed by atoms with Crippen molar-refractivity contribution < 1.29 is 19.2 Å². The number of nitrogens with zero attached hydrogens (tertiary/aromatic N) is 2. The number of nitrogens with two attached hydrogens (primary N) is 1. The van der Waals surface area contributed by atoms with Gasteiger partial charge in [0.1, 0.15) is 18.4 Å². The Morgan fingerprint density at radius 3 is 2.31 bits per heavy atom. The third-order valence-corrected chi connectivity index (χ3v) is 5.91. The molecule has 0 unspecified atom stereocenters. The molecule has 0 spiro atoms. The zero-order valence-corrected chi connectivity index (χ0v) is 20.5. The third-order valence-electron chi connectivity index (χ3n) is 5.91. The van der Waals surface area contributed by atoms with Gasteiger partial charge in [0.05, 0.1) is 12.0 Å². The van der Waals surface area contributed by atoms with Crippen LogP contribution in [-0.2, 0) is 29.2 Å². The number of non-ortho nitro benzene ring substituents is 1. The summed E-state index contributed by atoms with van der Waals surface area (Å²) < 4.78 is 11.0. The minimum atomic E-state index is -0.505. The highest BCUT2D eigenvalue weighted by molar-refractivity contribution is 5.75. The van der Waals surface area contributed by atoms with Gasteiger partial charge in [-0.15, -0.1) is 0 Å². The molecule has 0 aromatic heterocycles. The Morgan fingerprint density at radius 1 is 0.944 bits per heavy atom. The van der Waals surface area contributed by atoms with Gasteiger partial charge in [-0.05, 0) is 48.2 Å². The van der Waals surface area contributed by atoms with E-state index in [1.54, 1.807) is 12.1 Å². The zero-order valence-electron chi connectivity index (χ0n) is 20.5. The highest BCUT2D eigenvalue weighted by Gasteiger charge is 2.27. The molecule has 0 saturated carbocycles. The number of carbonyl (C=O) groups excluding carboxylic acids is 1. The van der Waals surface area contributed by atoms with E-state index in [2.05, 4.69) is 0 Å². The summed E-state index contributed by atoms with van der Waals surface area (Å²) in [5, 5.41) is 11.3. The van der Waals surface area contributed by atoms with Crippen molar-refractivity contribution in [2.45, 2.75) is 45.0 Å². The van der Waals surface area contributed by atoms with Crippen molar-refractivity contribution in [1.82, 2.24) is 4.90 Å². The summed E-state index contributed by atoms with van der Waals surface area (Å²) in [6.45, 7) is 1.84. The Balaban J connectivity index is 1.78. The van der Waals surface area contributed by atoms with Crippen LogP contribution >= 0.6 is 0 Å². The average Bonchev–Trinajstić information content (AvgIpc) is 2.91. The Morgan fingerprint density at radius 2 is 1.64 bits per heavy atom. The average molecular weight is 492 g/mol. The Hall–Kier alpha value is -3.75. The van der Waals surface area contributed by atoms with Crippen LogP contribution in [0.15, 0.2) is 78.9 Å². The fraction of sp³-hybridized carbons (Fsp3) is 0.321. The molecule has 36 heavy (non-hydrogen) atoms. The van der Waals surface area contributed by atoms with Gasteiger partial charge in [-0.25, -0.2) is 0 Å². The number of carbonyl (C=O) groups is 1. The minimum absolute atomic E-state index is 0.0186. The summed E-state index contributed by atoms with van der Waals surface area (Å²) in [4.78, 5) is 25.6. The van der Waals surface area contributed by atoms with E-state index in [1.165, 1.54) is 13.2 Å².